The van der Waals surface area contributed by atoms with Gasteiger partial charge in [0.1, 0.15) is 0 Å². The zero-order valence-electron chi connectivity index (χ0n) is 15.9. The van der Waals surface area contributed by atoms with Crippen LogP contribution in [0, 0.1) is 0 Å². The zero-order chi connectivity index (χ0) is 19.4. The van der Waals surface area contributed by atoms with Gasteiger partial charge in [0.2, 0.25) is 5.91 Å². The summed E-state index contributed by atoms with van der Waals surface area (Å²) in [6.07, 6.45) is 2.19. The van der Waals surface area contributed by atoms with E-state index in [2.05, 4.69) is 30.0 Å². The van der Waals surface area contributed by atoms with Gasteiger partial charge in [0.05, 0.1) is 21.0 Å². The molecule has 0 saturated carbocycles. The van der Waals surface area contributed by atoms with E-state index in [4.69, 9.17) is 16.6 Å². The highest BCUT2D eigenvalue weighted by molar-refractivity contribution is 7.22. The number of carbonyl (C=O) groups is 1. The molecule has 144 valence electrons. The van der Waals surface area contributed by atoms with Crippen molar-refractivity contribution in [2.75, 3.05) is 32.1 Å². The molecule has 0 saturated heterocycles. The van der Waals surface area contributed by atoms with Gasteiger partial charge in [-0.25, -0.2) is 4.98 Å². The van der Waals surface area contributed by atoms with Gasteiger partial charge in [0.25, 0.3) is 0 Å². The van der Waals surface area contributed by atoms with Crippen molar-refractivity contribution in [3.05, 3.63) is 45.1 Å². The Morgan fingerprint density at radius 1 is 1.15 bits per heavy atom. The van der Waals surface area contributed by atoms with Crippen LogP contribution in [0.4, 0.5) is 5.13 Å². The van der Waals surface area contributed by atoms with Gasteiger partial charge in [-0.05, 0) is 57.2 Å². The van der Waals surface area contributed by atoms with Crippen LogP contribution in [0.15, 0.2) is 30.3 Å². The molecule has 3 rings (SSSR count). The van der Waals surface area contributed by atoms with Crippen LogP contribution in [0.3, 0.4) is 0 Å². The highest BCUT2D eigenvalue weighted by atomic mass is 35.5. The van der Waals surface area contributed by atoms with Crippen molar-refractivity contribution in [1.29, 1.82) is 0 Å². The molecule has 27 heavy (non-hydrogen) atoms. The number of hydrogen-bond donors (Lipinski definition) is 0. The number of para-hydroxylation sites is 1. The van der Waals surface area contributed by atoms with Gasteiger partial charge in [-0.1, -0.05) is 42.0 Å². The largest absolute Gasteiger partial charge is 0.309 e. The normalized spacial score (nSPS) is 11.4. The second-order valence-electron chi connectivity index (χ2n) is 6.70. The number of anilines is 1. The zero-order valence-corrected chi connectivity index (χ0v) is 18.3. The third kappa shape index (κ3) is 5.08. The van der Waals surface area contributed by atoms with Gasteiger partial charge < -0.3 is 4.90 Å². The smallest absolute Gasteiger partial charge is 0.234 e. The summed E-state index contributed by atoms with van der Waals surface area (Å²) in [7, 11) is 4.09. The number of amides is 1. The Morgan fingerprint density at radius 3 is 2.63 bits per heavy atom. The van der Waals surface area contributed by atoms with E-state index in [1.807, 2.05) is 31.1 Å². The molecule has 7 heteroatoms. The molecular formula is C20H24ClN3OS2. The van der Waals surface area contributed by atoms with Crippen LogP contribution in [-0.4, -0.2) is 43.0 Å². The van der Waals surface area contributed by atoms with Gasteiger partial charge in [-0.3, -0.25) is 9.69 Å². The number of hydrogen-bond acceptors (Lipinski definition) is 5. The number of fused-ring (bicyclic) bond motifs is 1. The molecule has 4 nitrogen and oxygen atoms in total. The molecule has 0 fully saturated rings. The van der Waals surface area contributed by atoms with Crippen molar-refractivity contribution < 1.29 is 4.79 Å². The van der Waals surface area contributed by atoms with Crippen LogP contribution in [0.25, 0.3) is 10.2 Å². The summed E-state index contributed by atoms with van der Waals surface area (Å²) < 4.78 is 1.85. The van der Waals surface area contributed by atoms with Crippen LogP contribution in [0.2, 0.25) is 4.34 Å². The van der Waals surface area contributed by atoms with E-state index in [1.54, 1.807) is 11.3 Å². The highest BCUT2D eigenvalue weighted by Crippen LogP contribution is 2.32. The number of carbonyl (C=O) groups excluding carboxylic acids is 1. The van der Waals surface area contributed by atoms with Gasteiger partial charge >= 0.3 is 0 Å². The quantitative estimate of drug-likeness (QED) is 0.507. The van der Waals surface area contributed by atoms with Crippen LogP contribution >= 0.6 is 34.3 Å². The van der Waals surface area contributed by atoms with Crippen molar-refractivity contribution in [2.45, 2.75) is 26.2 Å². The fourth-order valence-corrected chi connectivity index (χ4v) is 5.09. The minimum absolute atomic E-state index is 0.0735. The number of rotatable bonds is 8. The third-order valence-corrected chi connectivity index (χ3v) is 6.62. The first-order valence-electron chi connectivity index (χ1n) is 9.05. The van der Waals surface area contributed by atoms with E-state index in [0.29, 0.717) is 17.3 Å². The molecule has 1 aromatic carbocycles. The molecule has 0 atom stereocenters. The lowest BCUT2D eigenvalue weighted by atomic mass is 10.1. The molecule has 0 aliphatic carbocycles. The van der Waals surface area contributed by atoms with Crippen molar-refractivity contribution in [3.63, 3.8) is 0 Å². The topological polar surface area (TPSA) is 36.4 Å². The molecule has 0 N–H and O–H groups in total. The Hall–Kier alpha value is -1.47. The number of thiophene rings is 1. The molecular weight excluding hydrogens is 398 g/mol. The standard InChI is InChI=1S/C20H24ClN3OS2/c1-4-14-7-5-8-16-19(14)22-20(27-16)24(12-6-11-23(2)3)18(25)13-15-9-10-17(21)26-15/h5,7-10H,4,6,11-13H2,1-3H3. The molecule has 0 aliphatic heterocycles. The van der Waals surface area contributed by atoms with E-state index in [9.17, 15) is 4.79 Å². The van der Waals surface area contributed by atoms with Gasteiger partial charge in [0, 0.05) is 11.4 Å². The lowest BCUT2D eigenvalue weighted by Gasteiger charge is -2.20. The average molecular weight is 422 g/mol. The fraction of sp³-hybridized carbons (Fsp3) is 0.400. The number of halogens is 1. The molecule has 1 amide bonds. The summed E-state index contributed by atoms with van der Waals surface area (Å²) in [5.74, 6) is 0.0735. The lowest BCUT2D eigenvalue weighted by Crippen LogP contribution is -2.34. The van der Waals surface area contributed by atoms with Crippen LogP contribution in [0.1, 0.15) is 23.8 Å². The Kier molecular flexibility index (Phi) is 6.87. The van der Waals surface area contributed by atoms with Gasteiger partial charge in [-0.15, -0.1) is 11.3 Å². The molecule has 0 bridgehead atoms. The number of aromatic nitrogens is 1. The third-order valence-electron chi connectivity index (χ3n) is 4.35. The summed E-state index contributed by atoms with van der Waals surface area (Å²) in [5, 5.41) is 0.789. The Morgan fingerprint density at radius 2 is 1.96 bits per heavy atom. The van der Waals surface area contributed by atoms with E-state index < -0.39 is 0 Å². The molecule has 0 aliphatic rings. The summed E-state index contributed by atoms with van der Waals surface area (Å²) in [6, 6.07) is 10.0. The summed E-state index contributed by atoms with van der Waals surface area (Å²) in [6.45, 7) is 3.73. The predicted octanol–water partition coefficient (Wildman–Crippen LogP) is 5.10. The van der Waals surface area contributed by atoms with Crippen molar-refractivity contribution in [3.8, 4) is 0 Å². The van der Waals surface area contributed by atoms with Crippen molar-refractivity contribution >= 4 is 55.5 Å². The van der Waals surface area contributed by atoms with E-state index in [-0.39, 0.29) is 5.91 Å². The average Bonchev–Trinajstić information content (AvgIpc) is 3.23. The van der Waals surface area contributed by atoms with Gasteiger partial charge in [-0.2, -0.15) is 0 Å². The summed E-state index contributed by atoms with van der Waals surface area (Å²) >= 11 is 9.08. The minimum Gasteiger partial charge on any atom is -0.309 e. The second kappa shape index (κ2) is 9.15. The number of benzene rings is 1. The first kappa shape index (κ1) is 20.3. The SMILES string of the molecule is CCc1cccc2sc(N(CCCN(C)C)C(=O)Cc3ccc(Cl)s3)nc12. The van der Waals surface area contributed by atoms with Crippen LogP contribution < -0.4 is 4.90 Å². The Labute approximate surface area is 173 Å². The van der Waals surface area contributed by atoms with Crippen molar-refractivity contribution in [1.82, 2.24) is 9.88 Å². The summed E-state index contributed by atoms with van der Waals surface area (Å²) in [5.41, 5.74) is 2.24. The molecule has 2 aromatic heterocycles. The lowest BCUT2D eigenvalue weighted by molar-refractivity contribution is -0.118. The number of thiazole rings is 1. The Bertz CT molecular complexity index is 919. The maximum atomic E-state index is 13.1. The number of aryl methyl sites for hydroxylation is 1. The van der Waals surface area contributed by atoms with Crippen molar-refractivity contribution in [2.24, 2.45) is 0 Å². The molecule has 0 radical (unpaired) electrons. The van der Waals surface area contributed by atoms with E-state index >= 15 is 0 Å². The monoisotopic (exact) mass is 421 g/mol. The van der Waals surface area contributed by atoms with Crippen LogP contribution in [0.5, 0.6) is 0 Å². The predicted molar refractivity (Wildman–Crippen MR) is 118 cm³/mol. The molecule has 0 spiro atoms. The van der Waals surface area contributed by atoms with E-state index in [0.717, 1.165) is 39.6 Å². The fourth-order valence-electron chi connectivity index (χ4n) is 2.96. The second-order valence-corrected chi connectivity index (χ2v) is 9.51. The molecule has 2 heterocycles. The molecule has 0 unspecified atom stereocenters. The number of nitrogens with zero attached hydrogens (tertiary/aromatic N) is 3. The first-order valence-corrected chi connectivity index (χ1v) is 11.1. The summed E-state index contributed by atoms with van der Waals surface area (Å²) in [4.78, 5) is 22.9. The van der Waals surface area contributed by atoms with Gasteiger partial charge in [0.15, 0.2) is 5.13 Å². The highest BCUT2D eigenvalue weighted by Gasteiger charge is 2.21. The maximum Gasteiger partial charge on any atom is 0.234 e. The van der Waals surface area contributed by atoms with Crippen LogP contribution in [-0.2, 0) is 17.6 Å². The first-order chi connectivity index (χ1) is 13.0. The maximum absolute atomic E-state index is 13.1. The molecule has 3 aromatic rings. The van der Waals surface area contributed by atoms with E-state index in [1.165, 1.54) is 16.9 Å². The Balaban J connectivity index is 1.87. The minimum atomic E-state index is 0.0735.